The lowest BCUT2D eigenvalue weighted by Crippen LogP contribution is -2.29. The molecule has 0 aromatic heterocycles. The molecule has 174 valence electrons. The number of methoxy groups -OCH3 is 1. The zero-order valence-corrected chi connectivity index (χ0v) is 19.3. The Hall–Kier alpha value is -3.93. The maximum absolute atomic E-state index is 13.4. The van der Waals surface area contributed by atoms with Gasteiger partial charge in [-0.25, -0.2) is 4.39 Å². The van der Waals surface area contributed by atoms with E-state index < -0.39 is 23.5 Å². The predicted molar refractivity (Wildman–Crippen MR) is 128 cm³/mol. The summed E-state index contributed by atoms with van der Waals surface area (Å²) < 4.78 is 18.9. The van der Waals surface area contributed by atoms with E-state index in [1.54, 1.807) is 13.2 Å². The van der Waals surface area contributed by atoms with E-state index in [1.807, 2.05) is 42.5 Å². The maximum atomic E-state index is 13.4. The largest absolute Gasteiger partial charge is 0.507 e. The van der Waals surface area contributed by atoms with Crippen molar-refractivity contribution in [1.82, 2.24) is 4.90 Å². The molecule has 1 fully saturated rings. The van der Waals surface area contributed by atoms with Gasteiger partial charge in [0.05, 0.1) is 25.3 Å². The summed E-state index contributed by atoms with van der Waals surface area (Å²) in [6.45, 7) is 4.28. The second kappa shape index (κ2) is 9.51. The molecule has 0 bridgehead atoms. The Bertz CT molecular complexity index is 1250. The summed E-state index contributed by atoms with van der Waals surface area (Å²) in [5, 5.41) is 11.1. The van der Waals surface area contributed by atoms with E-state index in [-0.39, 0.29) is 23.4 Å². The predicted octanol–water partition coefficient (Wildman–Crippen LogP) is 5.58. The molecule has 1 aliphatic heterocycles. The normalized spacial score (nSPS) is 17.4. The molecule has 0 saturated carbocycles. The highest BCUT2D eigenvalue weighted by molar-refractivity contribution is 6.46. The highest BCUT2D eigenvalue weighted by atomic mass is 19.1. The fourth-order valence-corrected chi connectivity index (χ4v) is 4.23. The smallest absolute Gasteiger partial charge is 0.295 e. The van der Waals surface area contributed by atoms with Crippen LogP contribution in [-0.2, 0) is 16.1 Å². The van der Waals surface area contributed by atoms with Crippen molar-refractivity contribution in [2.24, 2.45) is 0 Å². The fraction of sp³-hybridized carbons (Fsp3) is 0.214. The van der Waals surface area contributed by atoms with E-state index in [0.717, 1.165) is 11.1 Å². The van der Waals surface area contributed by atoms with Crippen LogP contribution in [0.3, 0.4) is 0 Å². The summed E-state index contributed by atoms with van der Waals surface area (Å²) in [4.78, 5) is 27.8. The van der Waals surface area contributed by atoms with E-state index in [0.29, 0.717) is 17.2 Å². The Labute approximate surface area is 198 Å². The second-order valence-corrected chi connectivity index (χ2v) is 8.57. The van der Waals surface area contributed by atoms with Gasteiger partial charge < -0.3 is 14.7 Å². The average Bonchev–Trinajstić information content (AvgIpc) is 3.09. The number of carbonyl (C=O) groups excluding carboxylic acids is 2. The number of aliphatic hydroxyl groups excluding tert-OH is 1. The standard InChI is InChI=1S/C28H26FNO4/c1-17(2)18-8-10-19(11-9-18)25-24(26(31)20-12-14-22(29)15-13-20)27(32)28(33)30(25)16-21-6-4-5-7-23(21)34-3/h4-15,17,25,31H,16H2,1-3H3/b26-24+. The summed E-state index contributed by atoms with van der Waals surface area (Å²) in [6.07, 6.45) is 0. The van der Waals surface area contributed by atoms with Gasteiger partial charge in [-0.1, -0.05) is 56.3 Å². The number of benzene rings is 3. The van der Waals surface area contributed by atoms with Gasteiger partial charge >= 0.3 is 0 Å². The summed E-state index contributed by atoms with van der Waals surface area (Å²) in [6, 6.07) is 19.3. The number of nitrogens with zero attached hydrogens (tertiary/aromatic N) is 1. The van der Waals surface area contributed by atoms with Crippen molar-refractivity contribution in [1.29, 1.82) is 0 Å². The SMILES string of the molecule is COc1ccccc1CN1C(=O)C(=O)/C(=C(/O)c2ccc(F)cc2)C1c1ccc(C(C)C)cc1. The number of hydrogen-bond donors (Lipinski definition) is 1. The first-order chi connectivity index (χ1) is 16.3. The molecular formula is C28H26FNO4. The van der Waals surface area contributed by atoms with E-state index in [2.05, 4.69) is 13.8 Å². The Morgan fingerprint density at radius 1 is 1.00 bits per heavy atom. The highest BCUT2D eigenvalue weighted by Crippen LogP contribution is 2.41. The van der Waals surface area contributed by atoms with Crippen LogP contribution < -0.4 is 4.74 Å². The van der Waals surface area contributed by atoms with Gasteiger partial charge in [-0.2, -0.15) is 0 Å². The number of likely N-dealkylation sites (tertiary alicyclic amines) is 1. The number of rotatable bonds is 6. The minimum atomic E-state index is -0.809. The number of para-hydroxylation sites is 1. The van der Waals surface area contributed by atoms with E-state index in [9.17, 15) is 19.1 Å². The minimum absolute atomic E-state index is 0.0243. The molecule has 1 atom stereocenters. The minimum Gasteiger partial charge on any atom is -0.507 e. The lowest BCUT2D eigenvalue weighted by atomic mass is 9.93. The molecule has 0 spiro atoms. The summed E-state index contributed by atoms with van der Waals surface area (Å²) in [5.74, 6) is -1.39. The first kappa shape index (κ1) is 23.2. The van der Waals surface area contributed by atoms with Gasteiger partial charge in [-0.15, -0.1) is 0 Å². The van der Waals surface area contributed by atoms with E-state index in [1.165, 1.54) is 29.2 Å². The zero-order chi connectivity index (χ0) is 24.4. The molecule has 0 aliphatic carbocycles. The molecule has 1 aliphatic rings. The monoisotopic (exact) mass is 459 g/mol. The molecule has 6 heteroatoms. The van der Waals surface area contributed by atoms with Gasteiger partial charge in [-0.3, -0.25) is 9.59 Å². The number of aliphatic hydroxyl groups is 1. The van der Waals surface area contributed by atoms with Crippen molar-refractivity contribution in [3.63, 3.8) is 0 Å². The van der Waals surface area contributed by atoms with Crippen molar-refractivity contribution < 1.29 is 23.8 Å². The van der Waals surface area contributed by atoms with Crippen molar-refractivity contribution in [3.8, 4) is 5.75 Å². The molecule has 0 radical (unpaired) electrons. The van der Waals surface area contributed by atoms with Crippen LogP contribution in [0.4, 0.5) is 4.39 Å². The number of ketones is 1. The molecule has 1 heterocycles. The third-order valence-electron chi connectivity index (χ3n) is 6.11. The number of hydrogen-bond acceptors (Lipinski definition) is 4. The molecule has 1 amide bonds. The zero-order valence-electron chi connectivity index (χ0n) is 19.3. The van der Waals surface area contributed by atoms with Crippen LogP contribution in [0, 0.1) is 5.82 Å². The first-order valence-corrected chi connectivity index (χ1v) is 11.1. The highest BCUT2D eigenvalue weighted by Gasteiger charge is 2.46. The topological polar surface area (TPSA) is 66.8 Å². The van der Waals surface area contributed by atoms with Crippen LogP contribution in [0.2, 0.25) is 0 Å². The van der Waals surface area contributed by atoms with Gasteiger partial charge in [0.1, 0.15) is 17.3 Å². The lowest BCUT2D eigenvalue weighted by molar-refractivity contribution is -0.140. The van der Waals surface area contributed by atoms with Crippen LogP contribution in [0.5, 0.6) is 5.75 Å². The van der Waals surface area contributed by atoms with Crippen LogP contribution in [0.25, 0.3) is 5.76 Å². The second-order valence-electron chi connectivity index (χ2n) is 8.57. The Balaban J connectivity index is 1.86. The van der Waals surface area contributed by atoms with Gasteiger partial charge in [0.25, 0.3) is 11.7 Å². The summed E-state index contributed by atoms with van der Waals surface area (Å²) >= 11 is 0. The number of ether oxygens (including phenoxy) is 1. The van der Waals surface area contributed by atoms with Gasteiger partial charge in [-0.05, 0) is 47.4 Å². The molecule has 5 nitrogen and oxygen atoms in total. The lowest BCUT2D eigenvalue weighted by Gasteiger charge is -2.26. The number of carbonyl (C=O) groups is 2. The molecule has 1 N–H and O–H groups in total. The average molecular weight is 460 g/mol. The van der Waals surface area contributed by atoms with Gasteiger partial charge in [0.15, 0.2) is 0 Å². The van der Waals surface area contributed by atoms with Crippen LogP contribution in [0.1, 0.15) is 48.1 Å². The van der Waals surface area contributed by atoms with Crippen molar-refractivity contribution in [2.45, 2.75) is 32.4 Å². The fourth-order valence-electron chi connectivity index (χ4n) is 4.23. The molecule has 3 aromatic carbocycles. The van der Waals surface area contributed by atoms with Crippen molar-refractivity contribution in [3.05, 3.63) is 106 Å². The van der Waals surface area contributed by atoms with Crippen LogP contribution in [0.15, 0.2) is 78.4 Å². The number of amides is 1. The Kier molecular flexibility index (Phi) is 6.50. The molecule has 34 heavy (non-hydrogen) atoms. The van der Waals surface area contributed by atoms with E-state index >= 15 is 0 Å². The Morgan fingerprint density at radius 3 is 2.26 bits per heavy atom. The molecule has 4 rings (SSSR count). The molecule has 1 saturated heterocycles. The van der Waals surface area contributed by atoms with Crippen LogP contribution in [-0.4, -0.2) is 28.8 Å². The first-order valence-electron chi connectivity index (χ1n) is 11.1. The molecule has 3 aromatic rings. The molecular weight excluding hydrogens is 433 g/mol. The molecule has 1 unspecified atom stereocenters. The third kappa shape index (κ3) is 4.31. The van der Waals surface area contributed by atoms with Crippen molar-refractivity contribution in [2.75, 3.05) is 7.11 Å². The van der Waals surface area contributed by atoms with E-state index in [4.69, 9.17) is 4.74 Å². The summed E-state index contributed by atoms with van der Waals surface area (Å²) in [7, 11) is 1.55. The quantitative estimate of drug-likeness (QED) is 0.297. The number of halogens is 1. The third-order valence-corrected chi connectivity index (χ3v) is 6.11. The Morgan fingerprint density at radius 2 is 1.65 bits per heavy atom. The summed E-state index contributed by atoms with van der Waals surface area (Å²) in [5.41, 5.74) is 2.79. The number of Topliss-reactive ketones (excluding diaryl/α,β-unsaturated/α-hetero) is 1. The van der Waals surface area contributed by atoms with Crippen molar-refractivity contribution >= 4 is 17.4 Å². The van der Waals surface area contributed by atoms with Gasteiger partial charge in [0.2, 0.25) is 0 Å². The van der Waals surface area contributed by atoms with Gasteiger partial charge in [0, 0.05) is 11.1 Å². The maximum Gasteiger partial charge on any atom is 0.295 e. The van der Waals surface area contributed by atoms with Crippen LogP contribution >= 0.6 is 0 Å².